The van der Waals surface area contributed by atoms with E-state index < -0.39 is 17.9 Å². The van der Waals surface area contributed by atoms with Crippen molar-refractivity contribution in [2.75, 3.05) is 21.3 Å². The highest BCUT2D eigenvalue weighted by molar-refractivity contribution is 9.12. The zero-order valence-corrected chi connectivity index (χ0v) is 30.0. The van der Waals surface area contributed by atoms with Crippen LogP contribution in [-0.2, 0) is 27.1 Å². The molecule has 10 heteroatoms. The Morgan fingerprint density at radius 2 is 1.08 bits per heavy atom. The minimum absolute atomic E-state index is 0.178. The number of hydrogen-bond acceptors (Lipinski definition) is 7. The highest BCUT2D eigenvalue weighted by Crippen LogP contribution is 2.30. The smallest absolute Gasteiger partial charge is 0.349 e. The first-order chi connectivity index (χ1) is 23.4. The molecule has 0 bridgehead atoms. The third kappa shape index (κ3) is 11.7. The Bertz CT molecular complexity index is 1650. The van der Waals surface area contributed by atoms with Crippen LogP contribution < -0.4 is 9.47 Å². The van der Waals surface area contributed by atoms with Gasteiger partial charge in [0, 0.05) is 0 Å². The summed E-state index contributed by atoms with van der Waals surface area (Å²) in [4.78, 5) is 33.2. The molecular formula is C39H41BrO9. The molecule has 4 aromatic rings. The van der Waals surface area contributed by atoms with Crippen LogP contribution in [0.15, 0.2) is 108 Å². The summed E-state index contributed by atoms with van der Waals surface area (Å²) in [5.41, 5.74) is 6.39. The summed E-state index contributed by atoms with van der Waals surface area (Å²) in [6, 6.07) is 26.0. The Labute approximate surface area is 295 Å². The molecule has 0 heterocycles. The van der Waals surface area contributed by atoms with E-state index in [0.717, 1.165) is 44.9 Å². The SMILES string of the molecule is C=C(Br)C(=O)OC=C(C)OC.CCc1c(C(=O)O)cccc1-c1ccc(OC)cc1.CCc1c(C(=O)O)cccc1-c1ccc(OC)cc1. The highest BCUT2D eigenvalue weighted by Gasteiger charge is 2.14. The molecule has 0 atom stereocenters. The maximum atomic E-state index is 11.2. The molecule has 0 unspecified atom stereocenters. The van der Waals surface area contributed by atoms with Crippen LogP contribution in [0.3, 0.4) is 0 Å². The summed E-state index contributed by atoms with van der Waals surface area (Å²) in [5.74, 6) is -0.194. The number of methoxy groups -OCH3 is 3. The van der Waals surface area contributed by atoms with E-state index in [1.165, 1.54) is 13.4 Å². The summed E-state index contributed by atoms with van der Waals surface area (Å²) >= 11 is 2.87. The lowest BCUT2D eigenvalue weighted by molar-refractivity contribution is -0.132. The average molecular weight is 734 g/mol. The van der Waals surface area contributed by atoms with Crippen LogP contribution in [0.4, 0.5) is 0 Å². The fourth-order valence-electron chi connectivity index (χ4n) is 4.67. The molecule has 0 fully saturated rings. The lowest BCUT2D eigenvalue weighted by Gasteiger charge is -2.11. The van der Waals surface area contributed by atoms with Crippen LogP contribution in [0.5, 0.6) is 11.5 Å². The normalized spacial score (nSPS) is 10.3. The van der Waals surface area contributed by atoms with Crippen LogP contribution in [0.1, 0.15) is 52.6 Å². The molecule has 0 aliphatic heterocycles. The number of halogens is 1. The zero-order valence-electron chi connectivity index (χ0n) is 28.4. The number of benzene rings is 4. The van der Waals surface area contributed by atoms with E-state index in [-0.39, 0.29) is 4.48 Å². The molecule has 0 aliphatic carbocycles. The number of hydrogen-bond donors (Lipinski definition) is 2. The number of allylic oxidation sites excluding steroid dienone is 1. The van der Waals surface area contributed by atoms with Gasteiger partial charge in [0.2, 0.25) is 0 Å². The summed E-state index contributed by atoms with van der Waals surface area (Å²) < 4.78 is 19.7. The van der Waals surface area contributed by atoms with E-state index in [4.69, 9.17) is 14.2 Å². The van der Waals surface area contributed by atoms with Crippen molar-refractivity contribution in [3.8, 4) is 33.8 Å². The average Bonchev–Trinajstić information content (AvgIpc) is 3.13. The third-order valence-electron chi connectivity index (χ3n) is 7.20. The van der Waals surface area contributed by atoms with Gasteiger partial charge in [-0.25, -0.2) is 14.4 Å². The minimum atomic E-state index is -0.882. The maximum absolute atomic E-state index is 11.2. The Kier molecular flexibility index (Phi) is 16.3. The Morgan fingerprint density at radius 1 is 0.694 bits per heavy atom. The number of ether oxygens (including phenoxy) is 4. The van der Waals surface area contributed by atoms with Crippen molar-refractivity contribution >= 4 is 33.8 Å². The third-order valence-corrected chi connectivity index (χ3v) is 7.52. The van der Waals surface area contributed by atoms with Gasteiger partial charge in [-0.05, 0) is 105 Å². The predicted octanol–water partition coefficient (Wildman–Crippen LogP) is 9.19. The summed E-state index contributed by atoms with van der Waals surface area (Å²) in [7, 11) is 4.73. The van der Waals surface area contributed by atoms with Gasteiger partial charge in [-0.1, -0.05) is 69.0 Å². The van der Waals surface area contributed by atoms with E-state index in [1.54, 1.807) is 45.4 Å². The molecule has 0 saturated carbocycles. The molecule has 0 saturated heterocycles. The Morgan fingerprint density at radius 3 is 1.37 bits per heavy atom. The number of carbonyl (C=O) groups excluding carboxylic acids is 1. The molecule has 258 valence electrons. The van der Waals surface area contributed by atoms with Crippen LogP contribution in [0.25, 0.3) is 22.3 Å². The van der Waals surface area contributed by atoms with Gasteiger partial charge >= 0.3 is 17.9 Å². The summed E-state index contributed by atoms with van der Waals surface area (Å²) in [6.45, 7) is 8.94. The van der Waals surface area contributed by atoms with Gasteiger partial charge in [-0.2, -0.15) is 0 Å². The molecule has 0 spiro atoms. The first-order valence-corrected chi connectivity index (χ1v) is 16.0. The van der Waals surface area contributed by atoms with Gasteiger partial charge in [0.25, 0.3) is 0 Å². The van der Waals surface area contributed by atoms with Crippen molar-refractivity contribution in [3.63, 3.8) is 0 Å². The quantitative estimate of drug-likeness (QED) is 0.0881. The van der Waals surface area contributed by atoms with Crippen molar-refractivity contribution in [1.82, 2.24) is 0 Å². The first-order valence-electron chi connectivity index (χ1n) is 15.2. The standard InChI is InChI=1S/2C16H16O3.C7H9BrO3/c2*1-3-13-14(5-4-6-15(13)16(17)18)11-7-9-12(19-2)10-8-11;1-5(10-3)4-11-7(9)6(2)8/h2*4-10H,3H2,1-2H3,(H,17,18);4H,2H2,1,3H3. The van der Waals surface area contributed by atoms with Crippen molar-refractivity contribution in [2.24, 2.45) is 0 Å². The van der Waals surface area contributed by atoms with Gasteiger partial charge in [0.15, 0.2) is 0 Å². The van der Waals surface area contributed by atoms with Crippen molar-refractivity contribution < 1.29 is 43.5 Å². The molecule has 0 amide bonds. The number of carbonyl (C=O) groups is 3. The van der Waals surface area contributed by atoms with Crippen LogP contribution in [0, 0.1) is 0 Å². The second kappa shape index (κ2) is 20.1. The van der Waals surface area contributed by atoms with Gasteiger partial charge in [0.1, 0.15) is 23.5 Å². The topological polar surface area (TPSA) is 129 Å². The molecule has 9 nitrogen and oxygen atoms in total. The minimum Gasteiger partial charge on any atom is -0.498 e. The van der Waals surface area contributed by atoms with E-state index in [0.29, 0.717) is 29.7 Å². The molecular weight excluding hydrogens is 692 g/mol. The lowest BCUT2D eigenvalue weighted by atomic mass is 9.94. The van der Waals surface area contributed by atoms with Gasteiger partial charge < -0.3 is 29.2 Å². The molecule has 4 rings (SSSR count). The molecule has 2 N–H and O–H groups in total. The molecule has 0 radical (unpaired) electrons. The molecule has 0 aromatic heterocycles. The largest absolute Gasteiger partial charge is 0.498 e. The Balaban J connectivity index is 0.000000266. The van der Waals surface area contributed by atoms with Crippen molar-refractivity contribution in [3.05, 3.63) is 130 Å². The van der Waals surface area contributed by atoms with E-state index in [1.807, 2.05) is 74.5 Å². The van der Waals surface area contributed by atoms with Crippen molar-refractivity contribution in [2.45, 2.75) is 33.6 Å². The van der Waals surface area contributed by atoms with Gasteiger partial charge in [0.05, 0.1) is 36.9 Å². The molecule has 49 heavy (non-hydrogen) atoms. The van der Waals surface area contributed by atoms with Gasteiger partial charge in [-0.3, -0.25) is 0 Å². The Hall–Kier alpha value is -5.35. The maximum Gasteiger partial charge on any atom is 0.349 e. The van der Waals surface area contributed by atoms with Gasteiger partial charge in [-0.15, -0.1) is 0 Å². The van der Waals surface area contributed by atoms with Crippen LogP contribution in [-0.4, -0.2) is 49.5 Å². The second-order valence-electron chi connectivity index (χ2n) is 10.2. The summed E-state index contributed by atoms with van der Waals surface area (Å²) in [6.07, 6.45) is 2.59. The van der Waals surface area contributed by atoms with Crippen LogP contribution in [0.2, 0.25) is 0 Å². The number of esters is 1. The lowest BCUT2D eigenvalue weighted by Crippen LogP contribution is -2.03. The van der Waals surface area contributed by atoms with Crippen LogP contribution >= 0.6 is 15.9 Å². The molecule has 4 aromatic carbocycles. The fourth-order valence-corrected chi connectivity index (χ4v) is 4.76. The molecule has 0 aliphatic rings. The number of rotatable bonds is 11. The predicted molar refractivity (Wildman–Crippen MR) is 194 cm³/mol. The second-order valence-corrected chi connectivity index (χ2v) is 11.1. The number of carboxylic acid groups (broad SMARTS) is 2. The van der Waals surface area contributed by atoms with E-state index >= 15 is 0 Å². The van der Waals surface area contributed by atoms with E-state index in [9.17, 15) is 24.6 Å². The first kappa shape index (κ1) is 39.8. The number of aromatic carboxylic acids is 2. The summed E-state index contributed by atoms with van der Waals surface area (Å²) in [5, 5.41) is 18.5. The fraction of sp³-hybridized carbons (Fsp3) is 0.205. The highest BCUT2D eigenvalue weighted by atomic mass is 79.9. The van der Waals surface area contributed by atoms with Crippen molar-refractivity contribution in [1.29, 1.82) is 0 Å². The monoisotopic (exact) mass is 732 g/mol. The zero-order chi connectivity index (χ0) is 36.5. The van der Waals surface area contributed by atoms with E-state index in [2.05, 4.69) is 27.2 Å². The number of carboxylic acids is 2.